The summed E-state index contributed by atoms with van der Waals surface area (Å²) in [4.78, 5) is 26.2. The molecule has 0 saturated heterocycles. The highest BCUT2D eigenvalue weighted by Crippen LogP contribution is 2.06. The molecule has 0 fully saturated rings. The molecule has 0 radical (unpaired) electrons. The van der Waals surface area contributed by atoms with E-state index in [9.17, 15) is 14.0 Å². The third-order valence-corrected chi connectivity index (χ3v) is 2.27. The minimum absolute atomic E-state index is 0.00796. The molecule has 0 aliphatic heterocycles. The Morgan fingerprint density at radius 1 is 1.44 bits per heavy atom. The molecule has 1 aromatic rings. The fourth-order valence-corrected chi connectivity index (χ4v) is 1.44. The second-order valence-corrected chi connectivity index (χ2v) is 4.36. The molecule has 0 aliphatic rings. The lowest BCUT2D eigenvalue weighted by molar-refractivity contribution is -0.139. The third kappa shape index (κ3) is 4.12. The molecule has 2 N–H and O–H groups in total. The Labute approximate surface area is 104 Å². The van der Waals surface area contributed by atoms with Gasteiger partial charge in [0.15, 0.2) is 0 Å². The maximum atomic E-state index is 12.6. The van der Waals surface area contributed by atoms with Gasteiger partial charge in [-0.2, -0.15) is 0 Å². The molecule has 0 bridgehead atoms. The number of aromatic nitrogens is 1. The van der Waals surface area contributed by atoms with Crippen LogP contribution in [0.15, 0.2) is 18.3 Å². The minimum atomic E-state index is -1.10. The van der Waals surface area contributed by atoms with Crippen molar-refractivity contribution < 1.29 is 19.1 Å². The lowest BCUT2D eigenvalue weighted by Crippen LogP contribution is -2.41. The first kappa shape index (κ1) is 14.1. The molecule has 1 aromatic heterocycles. The lowest BCUT2D eigenvalue weighted by atomic mass is 10.0. The summed E-state index contributed by atoms with van der Waals surface area (Å²) in [5, 5.41) is 11.3. The molecule has 1 unspecified atom stereocenters. The van der Waals surface area contributed by atoms with E-state index < -0.39 is 23.7 Å². The topological polar surface area (TPSA) is 79.3 Å². The van der Waals surface area contributed by atoms with Crippen LogP contribution in [0.5, 0.6) is 0 Å². The number of pyridine rings is 1. The summed E-state index contributed by atoms with van der Waals surface area (Å²) in [6.45, 7) is 3.72. The van der Waals surface area contributed by atoms with Crippen LogP contribution >= 0.6 is 0 Å². The van der Waals surface area contributed by atoms with Crippen molar-refractivity contribution in [3.8, 4) is 0 Å². The lowest BCUT2D eigenvalue weighted by Gasteiger charge is -2.16. The van der Waals surface area contributed by atoms with Crippen LogP contribution < -0.4 is 5.32 Å². The predicted molar refractivity (Wildman–Crippen MR) is 62.5 cm³/mol. The molecule has 0 saturated carbocycles. The molecule has 98 valence electrons. The number of nitrogens with zero attached hydrogens (tertiary/aromatic N) is 1. The van der Waals surface area contributed by atoms with E-state index in [0.717, 1.165) is 12.3 Å². The molecule has 0 aliphatic carbocycles. The number of aliphatic carboxylic acids is 1. The van der Waals surface area contributed by atoms with Crippen LogP contribution in [0.4, 0.5) is 4.39 Å². The van der Waals surface area contributed by atoms with E-state index >= 15 is 0 Å². The van der Waals surface area contributed by atoms with Crippen LogP contribution in [-0.2, 0) is 4.79 Å². The molecule has 18 heavy (non-hydrogen) atoms. The van der Waals surface area contributed by atoms with Crippen molar-refractivity contribution >= 4 is 11.9 Å². The van der Waals surface area contributed by atoms with E-state index in [-0.39, 0.29) is 11.6 Å². The summed E-state index contributed by atoms with van der Waals surface area (Å²) in [5.74, 6) is -2.14. The first-order chi connectivity index (χ1) is 8.40. The molecule has 0 spiro atoms. The first-order valence-corrected chi connectivity index (χ1v) is 5.55. The van der Waals surface area contributed by atoms with Crippen molar-refractivity contribution in [1.29, 1.82) is 0 Å². The summed E-state index contributed by atoms with van der Waals surface area (Å²) >= 11 is 0. The third-order valence-electron chi connectivity index (χ3n) is 2.27. The highest BCUT2D eigenvalue weighted by atomic mass is 19.1. The summed E-state index contributed by atoms with van der Waals surface area (Å²) < 4.78 is 12.6. The van der Waals surface area contributed by atoms with Crippen molar-refractivity contribution in [1.82, 2.24) is 10.3 Å². The largest absolute Gasteiger partial charge is 0.480 e. The SMILES string of the molecule is CC(C)CC(NC(=O)c1ccc(F)cn1)C(=O)O. The normalized spacial score (nSPS) is 12.2. The number of nitrogens with one attached hydrogen (secondary N) is 1. The van der Waals surface area contributed by atoms with Gasteiger partial charge in [0.1, 0.15) is 17.6 Å². The molecule has 5 nitrogen and oxygen atoms in total. The highest BCUT2D eigenvalue weighted by Gasteiger charge is 2.22. The van der Waals surface area contributed by atoms with Crippen molar-refractivity contribution in [2.45, 2.75) is 26.3 Å². The molecule has 1 heterocycles. The summed E-state index contributed by atoms with van der Waals surface area (Å²) in [5.41, 5.74) is -0.00796. The van der Waals surface area contributed by atoms with Crippen LogP contribution in [0.2, 0.25) is 0 Å². The number of amides is 1. The maximum absolute atomic E-state index is 12.6. The van der Waals surface area contributed by atoms with Gasteiger partial charge in [0, 0.05) is 0 Å². The first-order valence-electron chi connectivity index (χ1n) is 5.55. The molecule has 6 heteroatoms. The number of hydrogen-bond acceptors (Lipinski definition) is 3. The molecular weight excluding hydrogens is 239 g/mol. The monoisotopic (exact) mass is 254 g/mol. The number of carboxylic acids is 1. The molecular formula is C12H15FN2O3. The second-order valence-electron chi connectivity index (χ2n) is 4.36. The van der Waals surface area contributed by atoms with E-state index in [0.29, 0.717) is 6.42 Å². The zero-order valence-electron chi connectivity index (χ0n) is 10.2. The zero-order chi connectivity index (χ0) is 13.7. The Bertz CT molecular complexity index is 431. The van der Waals surface area contributed by atoms with Crippen LogP contribution in [0.3, 0.4) is 0 Å². The van der Waals surface area contributed by atoms with Gasteiger partial charge in [-0.25, -0.2) is 14.2 Å². The van der Waals surface area contributed by atoms with Crippen molar-refractivity contribution in [2.75, 3.05) is 0 Å². The van der Waals surface area contributed by atoms with Gasteiger partial charge in [0.05, 0.1) is 6.20 Å². The number of halogens is 1. The van der Waals surface area contributed by atoms with E-state index in [1.54, 1.807) is 0 Å². The molecule has 1 amide bonds. The van der Waals surface area contributed by atoms with Crippen molar-refractivity contribution in [3.05, 3.63) is 29.8 Å². The Hall–Kier alpha value is -1.98. The van der Waals surface area contributed by atoms with Crippen LogP contribution in [0.1, 0.15) is 30.8 Å². The van der Waals surface area contributed by atoms with Gasteiger partial charge < -0.3 is 10.4 Å². The Kier molecular flexibility index (Phi) is 4.76. The smallest absolute Gasteiger partial charge is 0.326 e. The average Bonchev–Trinajstić information content (AvgIpc) is 2.28. The van der Waals surface area contributed by atoms with Gasteiger partial charge in [-0.3, -0.25) is 4.79 Å². The molecule has 1 atom stereocenters. The van der Waals surface area contributed by atoms with Gasteiger partial charge in [0.25, 0.3) is 5.91 Å². The minimum Gasteiger partial charge on any atom is -0.480 e. The van der Waals surface area contributed by atoms with Crippen LogP contribution in [0.25, 0.3) is 0 Å². The predicted octanol–water partition coefficient (Wildman–Crippen LogP) is 1.45. The van der Waals surface area contributed by atoms with Gasteiger partial charge in [-0.15, -0.1) is 0 Å². The average molecular weight is 254 g/mol. The van der Waals surface area contributed by atoms with Gasteiger partial charge >= 0.3 is 5.97 Å². The van der Waals surface area contributed by atoms with E-state index in [4.69, 9.17) is 5.11 Å². The van der Waals surface area contributed by atoms with E-state index in [1.165, 1.54) is 6.07 Å². The fraction of sp³-hybridized carbons (Fsp3) is 0.417. The van der Waals surface area contributed by atoms with Gasteiger partial charge in [-0.1, -0.05) is 13.8 Å². The summed E-state index contributed by atoms with van der Waals surface area (Å²) in [7, 11) is 0. The van der Waals surface area contributed by atoms with Gasteiger partial charge in [-0.05, 0) is 24.5 Å². The highest BCUT2D eigenvalue weighted by molar-refractivity contribution is 5.94. The quantitative estimate of drug-likeness (QED) is 0.833. The second kappa shape index (κ2) is 6.09. The fourth-order valence-electron chi connectivity index (χ4n) is 1.44. The van der Waals surface area contributed by atoms with Gasteiger partial charge in [0.2, 0.25) is 0 Å². The standard InChI is InChI=1S/C12H15FN2O3/c1-7(2)5-10(12(17)18)15-11(16)9-4-3-8(13)6-14-9/h3-4,6-7,10H,5H2,1-2H3,(H,15,16)(H,17,18). The Morgan fingerprint density at radius 2 is 2.11 bits per heavy atom. The maximum Gasteiger partial charge on any atom is 0.326 e. The molecule has 1 rings (SSSR count). The van der Waals surface area contributed by atoms with E-state index in [2.05, 4.69) is 10.3 Å². The number of rotatable bonds is 5. The number of carbonyl (C=O) groups is 2. The van der Waals surface area contributed by atoms with Crippen LogP contribution in [-0.4, -0.2) is 28.0 Å². The Balaban J connectivity index is 2.72. The number of carboxylic acid groups (broad SMARTS) is 1. The molecule has 0 aromatic carbocycles. The van der Waals surface area contributed by atoms with Crippen molar-refractivity contribution in [2.24, 2.45) is 5.92 Å². The Morgan fingerprint density at radius 3 is 2.56 bits per heavy atom. The van der Waals surface area contributed by atoms with Crippen LogP contribution in [0, 0.1) is 11.7 Å². The number of carbonyl (C=O) groups excluding carboxylic acids is 1. The summed E-state index contributed by atoms with van der Waals surface area (Å²) in [6.07, 6.45) is 1.23. The zero-order valence-corrected chi connectivity index (χ0v) is 10.2. The van der Waals surface area contributed by atoms with Crippen molar-refractivity contribution in [3.63, 3.8) is 0 Å². The number of hydrogen-bond donors (Lipinski definition) is 2. The summed E-state index contributed by atoms with van der Waals surface area (Å²) in [6, 6.07) is 1.34. The van der Waals surface area contributed by atoms with E-state index in [1.807, 2.05) is 13.8 Å².